The second-order valence-corrected chi connectivity index (χ2v) is 8.33. The van der Waals surface area contributed by atoms with E-state index < -0.39 is 29.5 Å². The number of carbonyl (C=O) groups excluding carboxylic acids is 2. The van der Waals surface area contributed by atoms with Crippen molar-refractivity contribution in [2.45, 2.75) is 45.1 Å². The van der Waals surface area contributed by atoms with Crippen LogP contribution in [0.2, 0.25) is 0 Å². The van der Waals surface area contributed by atoms with Gasteiger partial charge in [-0.15, -0.1) is 0 Å². The van der Waals surface area contributed by atoms with Crippen molar-refractivity contribution in [3.05, 3.63) is 66.0 Å². The minimum Gasteiger partial charge on any atom is -0.444 e. The minimum absolute atomic E-state index is 0.0970. The summed E-state index contributed by atoms with van der Waals surface area (Å²) in [6.07, 6.45) is -0.0985. The van der Waals surface area contributed by atoms with Crippen molar-refractivity contribution < 1.29 is 27.5 Å². The molecule has 1 aromatic heterocycles. The van der Waals surface area contributed by atoms with E-state index in [0.29, 0.717) is 16.8 Å². The predicted molar refractivity (Wildman–Crippen MR) is 112 cm³/mol. The first kappa shape index (κ1) is 23.3. The number of carbonyl (C=O) groups is 2. The van der Waals surface area contributed by atoms with E-state index in [1.165, 1.54) is 23.2 Å². The van der Waals surface area contributed by atoms with Crippen LogP contribution in [0.25, 0.3) is 11.1 Å². The first-order chi connectivity index (χ1) is 14.9. The Morgan fingerprint density at radius 2 is 1.81 bits per heavy atom. The van der Waals surface area contributed by atoms with Gasteiger partial charge in [0.15, 0.2) is 0 Å². The lowest BCUT2D eigenvalue weighted by Gasteiger charge is -2.28. The van der Waals surface area contributed by atoms with Crippen molar-refractivity contribution in [2.75, 3.05) is 6.54 Å². The van der Waals surface area contributed by atoms with Gasteiger partial charge < -0.3 is 10.1 Å². The number of pyridine rings is 1. The van der Waals surface area contributed by atoms with Gasteiger partial charge >= 0.3 is 12.3 Å². The lowest BCUT2D eigenvalue weighted by atomic mass is 10.0. The Kier molecular flexibility index (Phi) is 6.57. The summed E-state index contributed by atoms with van der Waals surface area (Å²) in [6, 6.07) is 7.41. The molecule has 32 heavy (non-hydrogen) atoms. The number of nitrogens with one attached hydrogen (secondary N) is 1. The molecule has 1 aromatic carbocycles. The molecule has 1 N–H and O–H groups in total. The molecule has 6 nitrogen and oxygen atoms in total. The Labute approximate surface area is 184 Å². The first-order valence-electron chi connectivity index (χ1n) is 10.0. The highest BCUT2D eigenvalue weighted by Gasteiger charge is 2.33. The molecule has 1 aliphatic rings. The van der Waals surface area contributed by atoms with Gasteiger partial charge in [-0.2, -0.15) is 13.2 Å². The van der Waals surface area contributed by atoms with Crippen LogP contribution >= 0.6 is 0 Å². The highest BCUT2D eigenvalue weighted by atomic mass is 19.4. The summed E-state index contributed by atoms with van der Waals surface area (Å²) in [6.45, 7) is 5.62. The molecule has 3 rings (SSSR count). The number of hydrogen-bond acceptors (Lipinski definition) is 4. The van der Waals surface area contributed by atoms with Crippen molar-refractivity contribution >= 4 is 12.0 Å². The maximum Gasteiger partial charge on any atom is 0.416 e. The van der Waals surface area contributed by atoms with Gasteiger partial charge in [-0.25, -0.2) is 4.79 Å². The summed E-state index contributed by atoms with van der Waals surface area (Å²) >= 11 is 0. The monoisotopic (exact) mass is 447 g/mol. The summed E-state index contributed by atoms with van der Waals surface area (Å²) in [5, 5.41) is 2.75. The average Bonchev–Trinajstić information content (AvgIpc) is 3.21. The van der Waals surface area contributed by atoms with Crippen LogP contribution in [-0.2, 0) is 22.3 Å². The van der Waals surface area contributed by atoms with Gasteiger partial charge in [0, 0.05) is 12.7 Å². The number of aromatic nitrogens is 1. The van der Waals surface area contributed by atoms with Crippen LogP contribution in [0, 0.1) is 0 Å². The van der Waals surface area contributed by atoms with Crippen LogP contribution in [0.4, 0.5) is 18.0 Å². The summed E-state index contributed by atoms with van der Waals surface area (Å²) in [5.41, 5.74) is 0.406. The molecule has 0 spiro atoms. The standard InChI is InChI=1S/C23H24F3N3O3/c1-22(2,3)32-21(31)29-12-4-5-19(29)20(30)28-14-18-13-16(10-11-27-18)15-6-8-17(9-7-15)23(24,25)26/h4-11,13,19H,12,14H2,1-3H3,(H,28,30)/t19-/m0/s1. The average molecular weight is 447 g/mol. The molecule has 2 heterocycles. The largest absolute Gasteiger partial charge is 0.444 e. The Morgan fingerprint density at radius 1 is 1.12 bits per heavy atom. The van der Waals surface area contributed by atoms with Crippen LogP contribution in [0.1, 0.15) is 32.0 Å². The zero-order valence-corrected chi connectivity index (χ0v) is 17.9. The van der Waals surface area contributed by atoms with E-state index in [1.807, 2.05) is 0 Å². The molecule has 0 fully saturated rings. The Hall–Kier alpha value is -3.36. The van der Waals surface area contributed by atoms with Gasteiger partial charge in [0.05, 0.1) is 17.8 Å². The maximum absolute atomic E-state index is 12.8. The molecular formula is C23H24F3N3O3. The van der Waals surface area contributed by atoms with Crippen LogP contribution in [0.15, 0.2) is 54.7 Å². The molecule has 2 aromatic rings. The third-order valence-electron chi connectivity index (χ3n) is 4.66. The molecule has 1 atom stereocenters. The van der Waals surface area contributed by atoms with E-state index in [9.17, 15) is 22.8 Å². The smallest absolute Gasteiger partial charge is 0.416 e. The quantitative estimate of drug-likeness (QED) is 0.698. The lowest BCUT2D eigenvalue weighted by Crippen LogP contribution is -2.47. The van der Waals surface area contributed by atoms with Crippen LogP contribution in [0.3, 0.4) is 0 Å². The fourth-order valence-electron chi connectivity index (χ4n) is 3.15. The molecule has 0 unspecified atom stereocenters. The third-order valence-corrected chi connectivity index (χ3v) is 4.66. The SMILES string of the molecule is CC(C)(C)OC(=O)N1CC=C[C@H]1C(=O)NCc1cc(-c2ccc(C(F)(F)F)cc2)ccn1. The molecule has 0 radical (unpaired) electrons. The Bertz CT molecular complexity index is 1010. The first-order valence-corrected chi connectivity index (χ1v) is 10.0. The predicted octanol–water partition coefficient (Wildman–Crippen LogP) is 4.56. The molecule has 0 saturated heterocycles. The second-order valence-electron chi connectivity index (χ2n) is 8.33. The van der Waals surface area contributed by atoms with Crippen molar-refractivity contribution in [1.82, 2.24) is 15.2 Å². The lowest BCUT2D eigenvalue weighted by molar-refractivity contribution is -0.137. The molecule has 2 amide bonds. The van der Waals surface area contributed by atoms with Gasteiger partial charge in [0.25, 0.3) is 0 Å². The van der Waals surface area contributed by atoms with Crippen molar-refractivity contribution in [1.29, 1.82) is 0 Å². The summed E-state index contributed by atoms with van der Waals surface area (Å²) in [5.74, 6) is -0.383. The fourth-order valence-corrected chi connectivity index (χ4v) is 3.15. The van der Waals surface area contributed by atoms with Gasteiger partial charge in [-0.3, -0.25) is 14.7 Å². The van der Waals surface area contributed by atoms with E-state index in [4.69, 9.17) is 4.74 Å². The van der Waals surface area contributed by atoms with Gasteiger partial charge in [0.1, 0.15) is 11.6 Å². The molecule has 0 saturated carbocycles. The number of rotatable bonds is 4. The second kappa shape index (κ2) is 9.02. The Morgan fingerprint density at radius 3 is 2.44 bits per heavy atom. The number of alkyl halides is 3. The zero-order valence-electron chi connectivity index (χ0n) is 17.9. The van der Waals surface area contributed by atoms with Crippen molar-refractivity contribution in [3.8, 4) is 11.1 Å². The molecule has 0 aliphatic carbocycles. The van der Waals surface area contributed by atoms with Crippen LogP contribution < -0.4 is 5.32 Å². The number of benzene rings is 1. The topological polar surface area (TPSA) is 71.5 Å². The number of nitrogens with zero attached hydrogens (tertiary/aromatic N) is 2. The van der Waals surface area contributed by atoms with Gasteiger partial charge in [-0.1, -0.05) is 24.3 Å². The Balaban J connectivity index is 1.64. The number of hydrogen-bond donors (Lipinski definition) is 1. The highest BCUT2D eigenvalue weighted by molar-refractivity contribution is 5.88. The third kappa shape index (κ3) is 5.87. The molecule has 1 aliphatic heterocycles. The number of halogens is 3. The van der Waals surface area contributed by atoms with Crippen molar-refractivity contribution in [2.24, 2.45) is 0 Å². The van der Waals surface area contributed by atoms with Crippen LogP contribution in [-0.4, -0.2) is 40.1 Å². The number of amides is 2. The van der Waals surface area contributed by atoms with E-state index in [2.05, 4.69) is 10.3 Å². The molecule has 170 valence electrons. The van der Waals surface area contributed by atoms with E-state index in [0.717, 1.165) is 12.1 Å². The van der Waals surface area contributed by atoms with Crippen molar-refractivity contribution in [3.63, 3.8) is 0 Å². The highest BCUT2D eigenvalue weighted by Crippen LogP contribution is 2.31. The van der Waals surface area contributed by atoms with Gasteiger partial charge in [-0.05, 0) is 56.2 Å². The van der Waals surface area contributed by atoms with E-state index in [-0.39, 0.29) is 19.0 Å². The molecule has 9 heteroatoms. The van der Waals surface area contributed by atoms with Crippen LogP contribution in [0.5, 0.6) is 0 Å². The maximum atomic E-state index is 12.8. The normalized spacial score (nSPS) is 16.2. The minimum atomic E-state index is -4.39. The fraction of sp³-hybridized carbons (Fsp3) is 0.348. The number of ether oxygens (including phenoxy) is 1. The van der Waals surface area contributed by atoms with E-state index >= 15 is 0 Å². The molecule has 0 bridgehead atoms. The summed E-state index contributed by atoms with van der Waals surface area (Å²) in [4.78, 5) is 30.5. The van der Waals surface area contributed by atoms with Gasteiger partial charge in [0.2, 0.25) is 5.91 Å². The van der Waals surface area contributed by atoms with E-state index in [1.54, 1.807) is 45.1 Å². The zero-order chi connectivity index (χ0) is 23.5. The summed E-state index contributed by atoms with van der Waals surface area (Å²) < 4.78 is 43.6. The summed E-state index contributed by atoms with van der Waals surface area (Å²) in [7, 11) is 0. The molecular weight excluding hydrogens is 423 g/mol.